The van der Waals surface area contributed by atoms with Crippen molar-refractivity contribution in [2.24, 2.45) is 5.14 Å². The Morgan fingerprint density at radius 3 is 2.25 bits per heavy atom. The number of hydrogen-bond acceptors (Lipinski definition) is 4. The van der Waals surface area contributed by atoms with E-state index in [2.05, 4.69) is 15.9 Å². The summed E-state index contributed by atoms with van der Waals surface area (Å²) in [6.45, 7) is 0. The molecule has 20 heavy (non-hydrogen) atoms. The number of benzene rings is 2. The summed E-state index contributed by atoms with van der Waals surface area (Å²) in [7, 11) is -2.20. The largest absolute Gasteiger partial charge is 0.493 e. The molecule has 2 aromatic rings. The van der Waals surface area contributed by atoms with Gasteiger partial charge in [0.1, 0.15) is 5.75 Å². The summed E-state index contributed by atoms with van der Waals surface area (Å²) in [5, 5.41) is 5.06. The van der Waals surface area contributed by atoms with Crippen LogP contribution in [0.5, 0.6) is 17.2 Å². The molecule has 0 radical (unpaired) electrons. The third kappa shape index (κ3) is 3.30. The number of nitrogens with two attached hydrogens (primary N) is 1. The van der Waals surface area contributed by atoms with Gasteiger partial charge in [-0.2, -0.15) is 0 Å². The molecule has 2 aromatic carbocycles. The molecule has 0 saturated carbocycles. The predicted octanol–water partition coefficient (Wildman–Crippen LogP) is 2.90. The van der Waals surface area contributed by atoms with Crippen molar-refractivity contribution in [2.45, 2.75) is 4.90 Å². The molecule has 2 rings (SSSR count). The van der Waals surface area contributed by atoms with Gasteiger partial charge in [-0.15, -0.1) is 0 Å². The van der Waals surface area contributed by atoms with Crippen LogP contribution in [0.2, 0.25) is 0 Å². The van der Waals surface area contributed by atoms with Crippen molar-refractivity contribution in [3.05, 3.63) is 46.9 Å². The van der Waals surface area contributed by atoms with E-state index in [1.54, 1.807) is 19.2 Å². The molecule has 0 heterocycles. The van der Waals surface area contributed by atoms with Gasteiger partial charge in [0, 0.05) is 0 Å². The van der Waals surface area contributed by atoms with E-state index in [0.29, 0.717) is 21.7 Å². The van der Waals surface area contributed by atoms with Crippen molar-refractivity contribution in [2.75, 3.05) is 7.11 Å². The van der Waals surface area contributed by atoms with Crippen LogP contribution in [0, 0.1) is 0 Å². The van der Waals surface area contributed by atoms with Gasteiger partial charge in [0.2, 0.25) is 10.0 Å². The lowest BCUT2D eigenvalue weighted by atomic mass is 10.3. The first-order valence-corrected chi connectivity index (χ1v) is 7.89. The van der Waals surface area contributed by atoms with Crippen LogP contribution in [0.4, 0.5) is 0 Å². The van der Waals surface area contributed by atoms with Gasteiger partial charge in [0.15, 0.2) is 11.5 Å². The number of halogens is 1. The van der Waals surface area contributed by atoms with E-state index in [4.69, 9.17) is 14.6 Å². The topological polar surface area (TPSA) is 78.6 Å². The minimum absolute atomic E-state index is 0.0109. The highest BCUT2D eigenvalue weighted by Crippen LogP contribution is 2.35. The van der Waals surface area contributed by atoms with Crippen molar-refractivity contribution >= 4 is 26.0 Å². The molecule has 7 heteroatoms. The minimum Gasteiger partial charge on any atom is -0.493 e. The molecule has 2 N–H and O–H groups in total. The van der Waals surface area contributed by atoms with Crippen molar-refractivity contribution in [1.29, 1.82) is 0 Å². The van der Waals surface area contributed by atoms with Gasteiger partial charge >= 0.3 is 0 Å². The molecule has 0 aliphatic rings. The summed E-state index contributed by atoms with van der Waals surface area (Å²) in [6, 6.07) is 11.4. The highest BCUT2D eigenvalue weighted by molar-refractivity contribution is 9.10. The quantitative estimate of drug-likeness (QED) is 0.912. The van der Waals surface area contributed by atoms with Crippen molar-refractivity contribution < 1.29 is 17.9 Å². The fraction of sp³-hybridized carbons (Fsp3) is 0.0769. The standard InChI is InChI=1S/C13H12BrNO4S/c1-18-12-4-2-3-5-13(12)19-11-7-6-9(8-10(11)14)20(15,16)17/h2-8H,1H3,(H2,15,16,17). The Balaban J connectivity index is 2.35. The molecule has 0 unspecified atom stereocenters. The Bertz CT molecular complexity index is 731. The van der Waals surface area contributed by atoms with Crippen LogP contribution in [0.1, 0.15) is 0 Å². The number of primary sulfonamides is 1. The summed E-state index contributed by atoms with van der Waals surface area (Å²) in [6.07, 6.45) is 0. The van der Waals surface area contributed by atoms with E-state index >= 15 is 0 Å². The molecule has 0 aromatic heterocycles. The molecule has 0 atom stereocenters. The van der Waals surface area contributed by atoms with Crippen LogP contribution in [-0.4, -0.2) is 15.5 Å². The lowest BCUT2D eigenvalue weighted by Gasteiger charge is -2.11. The molecular formula is C13H12BrNO4S. The number of rotatable bonds is 4. The molecule has 0 spiro atoms. The summed E-state index contributed by atoms with van der Waals surface area (Å²) >= 11 is 3.26. The fourth-order valence-electron chi connectivity index (χ4n) is 1.56. The molecule has 0 aliphatic carbocycles. The van der Waals surface area contributed by atoms with E-state index in [9.17, 15) is 8.42 Å². The van der Waals surface area contributed by atoms with Crippen LogP contribution < -0.4 is 14.6 Å². The number of hydrogen-bond donors (Lipinski definition) is 1. The summed E-state index contributed by atoms with van der Waals surface area (Å²) in [4.78, 5) is 0.0109. The number of ether oxygens (including phenoxy) is 2. The third-order valence-corrected chi connectivity index (χ3v) is 4.05. The second-order valence-electron chi connectivity index (χ2n) is 3.89. The van der Waals surface area contributed by atoms with E-state index in [1.807, 2.05) is 12.1 Å². The average molecular weight is 358 g/mol. The Morgan fingerprint density at radius 2 is 1.70 bits per heavy atom. The smallest absolute Gasteiger partial charge is 0.238 e. The first kappa shape index (κ1) is 14.8. The minimum atomic E-state index is -3.74. The highest BCUT2D eigenvalue weighted by atomic mass is 79.9. The number of methoxy groups -OCH3 is 1. The molecule has 0 aliphatic heterocycles. The van der Waals surface area contributed by atoms with Crippen LogP contribution >= 0.6 is 15.9 Å². The predicted molar refractivity (Wildman–Crippen MR) is 78.6 cm³/mol. The van der Waals surface area contributed by atoms with E-state index in [0.717, 1.165) is 0 Å². The van der Waals surface area contributed by atoms with E-state index in [-0.39, 0.29) is 4.90 Å². The van der Waals surface area contributed by atoms with E-state index in [1.165, 1.54) is 18.2 Å². The van der Waals surface area contributed by atoms with Gasteiger partial charge in [0.25, 0.3) is 0 Å². The fourth-order valence-corrected chi connectivity index (χ4v) is 2.71. The maximum Gasteiger partial charge on any atom is 0.238 e. The molecule has 5 nitrogen and oxygen atoms in total. The van der Waals surface area contributed by atoms with Crippen molar-refractivity contribution in [3.8, 4) is 17.2 Å². The zero-order valence-corrected chi connectivity index (χ0v) is 12.9. The maximum atomic E-state index is 11.3. The third-order valence-electron chi connectivity index (χ3n) is 2.52. The van der Waals surface area contributed by atoms with Crippen LogP contribution in [-0.2, 0) is 10.0 Å². The van der Waals surface area contributed by atoms with Crippen molar-refractivity contribution in [3.63, 3.8) is 0 Å². The first-order chi connectivity index (χ1) is 9.41. The normalized spacial score (nSPS) is 11.2. The molecule has 0 bridgehead atoms. The summed E-state index contributed by atoms with van der Waals surface area (Å²) < 4.78 is 33.9. The first-order valence-electron chi connectivity index (χ1n) is 5.55. The lowest BCUT2D eigenvalue weighted by molar-refractivity contribution is 0.378. The monoisotopic (exact) mass is 357 g/mol. The molecule has 0 saturated heterocycles. The summed E-state index contributed by atoms with van der Waals surface area (Å²) in [5.74, 6) is 1.57. The molecular weight excluding hydrogens is 346 g/mol. The second kappa shape index (κ2) is 5.82. The van der Waals surface area contributed by atoms with Gasteiger partial charge in [-0.3, -0.25) is 0 Å². The van der Waals surface area contributed by atoms with Gasteiger partial charge in [-0.05, 0) is 46.3 Å². The Hall–Kier alpha value is -1.57. The van der Waals surface area contributed by atoms with Gasteiger partial charge in [-0.25, -0.2) is 13.6 Å². The van der Waals surface area contributed by atoms with Gasteiger partial charge in [-0.1, -0.05) is 12.1 Å². The summed E-state index contributed by atoms with van der Waals surface area (Å²) in [5.41, 5.74) is 0. The highest BCUT2D eigenvalue weighted by Gasteiger charge is 2.12. The number of sulfonamides is 1. The second-order valence-corrected chi connectivity index (χ2v) is 6.31. The molecule has 106 valence electrons. The Labute approximate surface area is 125 Å². The lowest BCUT2D eigenvalue weighted by Crippen LogP contribution is -2.11. The average Bonchev–Trinajstić information content (AvgIpc) is 2.40. The Morgan fingerprint density at radius 1 is 1.05 bits per heavy atom. The van der Waals surface area contributed by atoms with E-state index < -0.39 is 10.0 Å². The Kier molecular flexibility index (Phi) is 4.32. The molecule has 0 fully saturated rings. The van der Waals surface area contributed by atoms with Crippen LogP contribution in [0.15, 0.2) is 51.8 Å². The van der Waals surface area contributed by atoms with Gasteiger partial charge < -0.3 is 9.47 Å². The van der Waals surface area contributed by atoms with Crippen molar-refractivity contribution in [1.82, 2.24) is 0 Å². The molecule has 0 amide bonds. The zero-order chi connectivity index (χ0) is 14.8. The van der Waals surface area contributed by atoms with Crippen LogP contribution in [0.3, 0.4) is 0 Å². The van der Waals surface area contributed by atoms with Gasteiger partial charge in [0.05, 0.1) is 16.5 Å². The zero-order valence-electron chi connectivity index (χ0n) is 10.5. The maximum absolute atomic E-state index is 11.3. The van der Waals surface area contributed by atoms with Crippen LogP contribution in [0.25, 0.3) is 0 Å². The number of para-hydroxylation sites is 2. The SMILES string of the molecule is COc1ccccc1Oc1ccc(S(N)(=O)=O)cc1Br.